The van der Waals surface area contributed by atoms with E-state index in [-0.39, 0.29) is 30.0 Å². The number of aromatic nitrogens is 3. The first-order chi connectivity index (χ1) is 16.6. The molecule has 184 valence electrons. The van der Waals surface area contributed by atoms with Gasteiger partial charge < -0.3 is 25.2 Å². The summed E-state index contributed by atoms with van der Waals surface area (Å²) in [4.78, 5) is 31.2. The average molecular weight is 481 g/mol. The third-order valence-electron chi connectivity index (χ3n) is 5.86. The molecule has 3 N–H and O–H groups in total. The molecular weight excluding hydrogens is 451 g/mol. The number of aromatic amines is 1. The number of amides is 1. The lowest BCUT2D eigenvalue weighted by molar-refractivity contribution is 0.0523. The minimum atomic E-state index is -0.643. The molecule has 4 rings (SSSR count). The summed E-state index contributed by atoms with van der Waals surface area (Å²) in [7, 11) is 0. The summed E-state index contributed by atoms with van der Waals surface area (Å²) in [6.45, 7) is 12.9. The van der Waals surface area contributed by atoms with Gasteiger partial charge in [-0.1, -0.05) is 6.42 Å². The lowest BCUT2D eigenvalue weighted by Crippen LogP contribution is -2.32. The van der Waals surface area contributed by atoms with Crippen LogP contribution in [0.1, 0.15) is 58.1 Å². The highest BCUT2D eigenvalue weighted by atomic mass is 19.1. The van der Waals surface area contributed by atoms with Crippen molar-refractivity contribution in [1.29, 1.82) is 0 Å². The first kappa shape index (κ1) is 24.3. The van der Waals surface area contributed by atoms with Gasteiger partial charge in [-0.05, 0) is 63.4 Å². The third-order valence-corrected chi connectivity index (χ3v) is 5.86. The Kier molecular flexibility index (Phi) is 6.78. The van der Waals surface area contributed by atoms with Crippen molar-refractivity contribution >= 4 is 28.5 Å². The molecule has 1 aliphatic rings. The molecule has 0 unspecified atom stereocenters. The van der Waals surface area contributed by atoms with Crippen molar-refractivity contribution in [2.75, 3.05) is 5.32 Å². The number of hydrogen-bond donors (Lipinski definition) is 3. The molecule has 2 aromatic heterocycles. The van der Waals surface area contributed by atoms with Crippen LogP contribution < -0.4 is 16.2 Å². The van der Waals surface area contributed by atoms with Gasteiger partial charge in [-0.15, -0.1) is 0 Å². The maximum absolute atomic E-state index is 14.4. The van der Waals surface area contributed by atoms with Gasteiger partial charge in [0.05, 0.1) is 5.52 Å². The maximum Gasteiger partial charge on any atom is 0.407 e. The fourth-order valence-corrected chi connectivity index (χ4v) is 4.42. The molecule has 35 heavy (non-hydrogen) atoms. The number of carbonyl (C=O) groups is 1. The zero-order valence-corrected chi connectivity index (χ0v) is 20.0. The van der Waals surface area contributed by atoms with Crippen LogP contribution in [0.3, 0.4) is 0 Å². The molecule has 0 radical (unpaired) electrons. The fourth-order valence-electron chi connectivity index (χ4n) is 4.42. The first-order valence-electron chi connectivity index (χ1n) is 11.6. The number of ether oxygens (including phenoxy) is 1. The van der Waals surface area contributed by atoms with Crippen LogP contribution in [0.2, 0.25) is 0 Å². The minimum absolute atomic E-state index is 0.0614. The van der Waals surface area contributed by atoms with Crippen LogP contribution in [-0.4, -0.2) is 32.5 Å². The summed E-state index contributed by atoms with van der Waals surface area (Å²) in [5, 5.41) is 10.7. The average Bonchev–Trinajstić information content (AvgIpc) is 3.15. The van der Waals surface area contributed by atoms with Crippen LogP contribution >= 0.6 is 0 Å². The molecule has 9 nitrogen and oxygen atoms in total. The van der Waals surface area contributed by atoms with E-state index in [2.05, 4.69) is 25.6 Å². The van der Waals surface area contributed by atoms with Crippen LogP contribution in [0.15, 0.2) is 35.3 Å². The molecule has 1 aromatic carbocycles. The number of benzene rings is 1. The summed E-state index contributed by atoms with van der Waals surface area (Å²) in [5.74, 6) is -0.221. The van der Waals surface area contributed by atoms with Crippen molar-refractivity contribution in [2.24, 2.45) is 0 Å². The van der Waals surface area contributed by atoms with E-state index in [9.17, 15) is 14.0 Å². The Morgan fingerprint density at radius 2 is 2.09 bits per heavy atom. The number of alkyl carbamates (subject to hydrolysis) is 1. The number of nitrogens with one attached hydrogen (secondary N) is 3. The highest BCUT2D eigenvalue weighted by molar-refractivity contribution is 5.91. The van der Waals surface area contributed by atoms with Crippen LogP contribution in [0, 0.1) is 12.4 Å². The number of pyridine rings is 1. The van der Waals surface area contributed by atoms with Gasteiger partial charge in [-0.3, -0.25) is 9.48 Å². The van der Waals surface area contributed by atoms with E-state index in [1.165, 1.54) is 12.1 Å². The minimum Gasteiger partial charge on any atom is -0.444 e. The van der Waals surface area contributed by atoms with Gasteiger partial charge in [0.1, 0.15) is 22.8 Å². The third kappa shape index (κ3) is 5.62. The van der Waals surface area contributed by atoms with Crippen LogP contribution in [0.25, 0.3) is 15.7 Å². The number of halogens is 1. The number of anilines is 2. The fraction of sp³-hybridized carbons (Fsp3) is 0.440. The van der Waals surface area contributed by atoms with Gasteiger partial charge in [-0.2, -0.15) is 5.10 Å². The topological polar surface area (TPSA) is 105 Å². The zero-order chi connectivity index (χ0) is 25.2. The smallest absolute Gasteiger partial charge is 0.407 e. The number of H-pyrrole nitrogens is 1. The predicted molar refractivity (Wildman–Crippen MR) is 131 cm³/mol. The lowest BCUT2D eigenvalue weighted by Gasteiger charge is -2.24. The van der Waals surface area contributed by atoms with Crippen LogP contribution in [-0.2, 0) is 11.3 Å². The monoisotopic (exact) mass is 480 g/mol. The molecule has 1 amide bonds. The molecule has 1 saturated carbocycles. The highest BCUT2D eigenvalue weighted by Gasteiger charge is 2.33. The van der Waals surface area contributed by atoms with E-state index in [1.54, 1.807) is 43.8 Å². The standard InChI is InChI=1S/C25H29FN6O3/c1-25(2,3)35-24(34)29-14-15-11-16(26)13-17(12-15)30-22-21-20(9-10-28-23(21)33)32(31-22)19-8-6-5-7-18(19)27-4/h9-13,18-19H,5-8,14H2,1-3H3,(H,28,33)(H,29,34)(H,30,31)/t18-,19-/m0/s1. The van der Waals surface area contributed by atoms with Crippen molar-refractivity contribution < 1.29 is 13.9 Å². The number of carbonyl (C=O) groups excluding carboxylic acids is 1. The van der Waals surface area contributed by atoms with Crippen LogP contribution in [0.5, 0.6) is 0 Å². The van der Waals surface area contributed by atoms with Crippen molar-refractivity contribution in [2.45, 2.75) is 70.7 Å². The van der Waals surface area contributed by atoms with Gasteiger partial charge in [0.15, 0.2) is 5.82 Å². The zero-order valence-electron chi connectivity index (χ0n) is 20.0. The molecule has 2 atom stereocenters. The van der Waals surface area contributed by atoms with Gasteiger partial charge in [0.2, 0.25) is 6.04 Å². The van der Waals surface area contributed by atoms with Crippen LogP contribution in [0.4, 0.5) is 20.7 Å². The van der Waals surface area contributed by atoms with Crippen molar-refractivity contribution in [1.82, 2.24) is 20.1 Å². The molecule has 0 saturated heterocycles. The number of rotatable bonds is 5. The van der Waals surface area contributed by atoms with Gasteiger partial charge in [0, 0.05) is 24.8 Å². The molecule has 2 heterocycles. The Bertz CT molecular complexity index is 1330. The van der Waals surface area contributed by atoms with E-state index in [0.717, 1.165) is 25.7 Å². The highest BCUT2D eigenvalue weighted by Crippen LogP contribution is 2.35. The molecule has 3 aromatic rings. The second-order valence-electron chi connectivity index (χ2n) is 9.74. The summed E-state index contributed by atoms with van der Waals surface area (Å²) in [6.07, 6.45) is 4.54. The van der Waals surface area contributed by atoms with Gasteiger partial charge in [-0.25, -0.2) is 15.8 Å². The quantitative estimate of drug-likeness (QED) is 0.444. The first-order valence-corrected chi connectivity index (χ1v) is 11.6. The van der Waals surface area contributed by atoms with E-state index < -0.39 is 17.5 Å². The summed E-state index contributed by atoms with van der Waals surface area (Å²) in [6, 6.07) is 5.70. The Morgan fingerprint density at radius 1 is 1.31 bits per heavy atom. The van der Waals surface area contributed by atoms with Gasteiger partial charge >= 0.3 is 6.09 Å². The molecule has 0 bridgehead atoms. The van der Waals surface area contributed by atoms with Crippen molar-refractivity contribution in [3.05, 3.63) is 63.6 Å². The van der Waals surface area contributed by atoms with E-state index in [0.29, 0.717) is 22.2 Å². The lowest BCUT2D eigenvalue weighted by atomic mass is 9.91. The Balaban J connectivity index is 1.63. The predicted octanol–water partition coefficient (Wildman–Crippen LogP) is 5.03. The molecule has 1 aliphatic carbocycles. The van der Waals surface area contributed by atoms with E-state index in [4.69, 9.17) is 11.3 Å². The second kappa shape index (κ2) is 9.78. The molecule has 0 spiro atoms. The molecular formula is C25H29FN6O3. The number of hydrogen-bond acceptors (Lipinski definition) is 5. The second-order valence-corrected chi connectivity index (χ2v) is 9.74. The Labute approximate surface area is 202 Å². The number of nitrogens with zero attached hydrogens (tertiary/aromatic N) is 3. The molecule has 10 heteroatoms. The summed E-state index contributed by atoms with van der Waals surface area (Å²) >= 11 is 0. The number of fused-ring (bicyclic) bond motifs is 1. The SMILES string of the molecule is [C-]#[N+][C@H]1CCCC[C@@H]1n1nc(Nc2cc(F)cc(CNC(=O)OC(C)(C)C)c2)c2c(=O)[nH]ccc21. The normalized spacial score (nSPS) is 18.1. The van der Waals surface area contributed by atoms with E-state index in [1.807, 2.05) is 0 Å². The summed E-state index contributed by atoms with van der Waals surface area (Å²) in [5.41, 5.74) is 0.549. The molecule has 1 fully saturated rings. The molecule has 0 aliphatic heterocycles. The van der Waals surface area contributed by atoms with Crippen molar-refractivity contribution in [3.8, 4) is 0 Å². The Hall–Kier alpha value is -3.87. The van der Waals surface area contributed by atoms with Crippen molar-refractivity contribution in [3.63, 3.8) is 0 Å². The Morgan fingerprint density at radius 3 is 2.83 bits per heavy atom. The van der Waals surface area contributed by atoms with Gasteiger partial charge in [0.25, 0.3) is 5.56 Å². The largest absolute Gasteiger partial charge is 0.444 e. The van der Waals surface area contributed by atoms with E-state index >= 15 is 0 Å². The summed E-state index contributed by atoms with van der Waals surface area (Å²) < 4.78 is 21.4. The maximum atomic E-state index is 14.4.